The van der Waals surface area contributed by atoms with Crippen molar-refractivity contribution in [2.45, 2.75) is 4.90 Å². The molecule has 0 bridgehead atoms. The van der Waals surface area contributed by atoms with E-state index in [2.05, 4.69) is 0 Å². The van der Waals surface area contributed by atoms with Crippen molar-refractivity contribution in [1.29, 1.82) is 0 Å². The predicted molar refractivity (Wildman–Crippen MR) is 44.6 cm³/mol. The fraction of sp³-hybridized carbons (Fsp3) is 0. The van der Waals surface area contributed by atoms with Gasteiger partial charge in [-0.1, -0.05) is 12.1 Å². The zero-order valence-electron chi connectivity index (χ0n) is 7.80. The Morgan fingerprint density at radius 1 is 1.12 bits per heavy atom. The van der Waals surface area contributed by atoms with E-state index in [9.17, 15) is 18.5 Å². The first-order chi connectivity index (χ1) is 5.93. The first-order valence-electron chi connectivity index (χ1n) is 3.16. The van der Waals surface area contributed by atoms with Gasteiger partial charge in [-0.3, -0.25) is 10.1 Å². The molecule has 0 unspecified atom stereocenters. The predicted octanol–water partition coefficient (Wildman–Crippen LogP) is 1.34. The van der Waals surface area contributed by atoms with Crippen LogP contribution in [-0.4, -0.2) is 13.3 Å². The second-order valence-electron chi connectivity index (χ2n) is 2.23. The van der Waals surface area contributed by atoms with E-state index >= 15 is 0 Å². The van der Waals surface area contributed by atoms with E-state index in [1.165, 1.54) is 12.1 Å². The van der Waals surface area contributed by atoms with Crippen LogP contribution in [0.5, 0.6) is 0 Å². The molecule has 0 aliphatic rings. The zero-order chi connectivity index (χ0) is 10.1. The van der Waals surface area contributed by atoms with Crippen LogP contribution in [0.25, 0.3) is 5.14 Å². The molecule has 1 aromatic carbocycles. The topological polar surface area (TPSA) is 101 Å². The number of sulfonamides is 1. The Balaban J connectivity index is -0.000000563. The fourth-order valence-corrected chi connectivity index (χ4v) is 1.51. The number of rotatable bonds is 2. The molecule has 10 heteroatoms. The van der Waals surface area contributed by atoms with Gasteiger partial charge in [0.15, 0.2) is 0 Å². The molecule has 16 heavy (non-hydrogen) atoms. The molecule has 0 radical (unpaired) electrons. The number of hydrogen-bond donors (Lipinski definition) is 0. The Hall–Kier alpha value is 1.69. The average Bonchev–Trinajstić information content (AvgIpc) is 2.03. The molecule has 82 valence electrons. The molecule has 0 fully saturated rings. The summed E-state index contributed by atoms with van der Waals surface area (Å²) in [6.45, 7) is 0. The van der Waals surface area contributed by atoms with Crippen LogP contribution in [0.4, 0.5) is 5.69 Å². The van der Waals surface area contributed by atoms with Crippen molar-refractivity contribution < 1.29 is 107 Å². The summed E-state index contributed by atoms with van der Waals surface area (Å²) in [5.41, 5.74) is -0.572. The van der Waals surface area contributed by atoms with Gasteiger partial charge in [0.05, 0.1) is 4.92 Å². The Labute approximate surface area is 164 Å². The van der Waals surface area contributed by atoms with Gasteiger partial charge in [-0.25, -0.2) is 8.42 Å². The fourth-order valence-electron chi connectivity index (χ4n) is 0.835. The number of benzene rings is 1. The number of hydrogen-bond acceptors (Lipinski definition) is 4. The quantitative estimate of drug-likeness (QED) is 0.331. The molecule has 0 aromatic heterocycles. The molecular formula is C6H5N2O4SU3-. The van der Waals surface area contributed by atoms with Crippen LogP contribution in [-0.2, 0) is 10.0 Å². The third-order valence-electron chi connectivity index (χ3n) is 1.35. The molecule has 0 saturated heterocycles. The van der Waals surface area contributed by atoms with Crippen LogP contribution in [0, 0.1) is 103 Å². The van der Waals surface area contributed by atoms with Gasteiger partial charge in [-0.05, 0) is 6.07 Å². The third-order valence-corrected chi connectivity index (χ3v) is 2.28. The first-order valence-corrected chi connectivity index (χ1v) is 4.64. The van der Waals surface area contributed by atoms with E-state index in [1.54, 1.807) is 0 Å². The maximum absolute atomic E-state index is 10.7. The molecule has 1 N–H and O–H groups in total. The number of nitrogens with one attached hydrogen (secondary N) is 1. The Morgan fingerprint density at radius 3 is 1.88 bits per heavy atom. The second-order valence-corrected chi connectivity index (χ2v) is 3.67. The molecule has 1 rings (SSSR count). The molecule has 1 aromatic rings. The molecule has 0 spiro atoms. The van der Waals surface area contributed by atoms with Crippen LogP contribution < -0.4 is 0 Å². The molecule has 0 amide bonds. The van der Waals surface area contributed by atoms with Crippen molar-refractivity contribution >= 4 is 15.7 Å². The van der Waals surface area contributed by atoms with Gasteiger partial charge >= 0.3 is 0 Å². The van der Waals surface area contributed by atoms with E-state index < -0.39 is 25.5 Å². The van der Waals surface area contributed by atoms with E-state index in [4.69, 9.17) is 5.14 Å². The molecular weight excluding hydrogens is 910 g/mol. The van der Waals surface area contributed by atoms with Gasteiger partial charge < -0.3 is 5.14 Å². The zero-order valence-corrected chi connectivity index (χ0v) is 21.1. The van der Waals surface area contributed by atoms with Crippen molar-refractivity contribution in [2.24, 2.45) is 0 Å². The van der Waals surface area contributed by atoms with Crippen molar-refractivity contribution in [3.8, 4) is 0 Å². The van der Waals surface area contributed by atoms with Gasteiger partial charge in [-0.2, -0.15) is 0 Å². The smallest absolute Gasteiger partial charge is 0.286 e. The minimum Gasteiger partial charge on any atom is -0.560 e. The van der Waals surface area contributed by atoms with Crippen LogP contribution in [0.15, 0.2) is 29.2 Å². The molecule has 0 aliphatic heterocycles. The van der Waals surface area contributed by atoms with Gasteiger partial charge in [0.2, 0.25) is 0 Å². The molecule has 0 heterocycles. The summed E-state index contributed by atoms with van der Waals surface area (Å²) in [5.74, 6) is 0. The van der Waals surface area contributed by atoms with Crippen LogP contribution >= 0.6 is 0 Å². The second kappa shape index (κ2) is 9.59. The van der Waals surface area contributed by atoms with Gasteiger partial charge in [0.1, 0.15) is 14.9 Å². The van der Waals surface area contributed by atoms with Crippen molar-refractivity contribution in [3.63, 3.8) is 0 Å². The van der Waals surface area contributed by atoms with Crippen LogP contribution in [0.3, 0.4) is 0 Å². The van der Waals surface area contributed by atoms with Gasteiger partial charge in [-0.15, -0.1) is 0 Å². The maximum atomic E-state index is 10.7. The van der Waals surface area contributed by atoms with Crippen molar-refractivity contribution in [1.82, 2.24) is 0 Å². The van der Waals surface area contributed by atoms with E-state index in [0.717, 1.165) is 12.1 Å². The summed E-state index contributed by atoms with van der Waals surface area (Å²) in [6.07, 6.45) is 0. The Bertz CT molecular complexity index is 451. The SMILES string of the molecule is [NH-]S(=O)(=O)c1ccccc1[N+](=O)[O-].[U].[U].[U]. The van der Waals surface area contributed by atoms with Gasteiger partial charge in [0.25, 0.3) is 5.69 Å². The van der Waals surface area contributed by atoms with Crippen molar-refractivity contribution in [3.05, 3.63) is 39.5 Å². The van der Waals surface area contributed by atoms with E-state index in [1.807, 2.05) is 0 Å². The monoisotopic (exact) mass is 915 g/mol. The number of nitrogens with zero attached hydrogens (tertiary/aromatic N) is 1. The normalized spacial score (nSPS) is 9.06. The summed E-state index contributed by atoms with van der Waals surface area (Å²) in [4.78, 5) is 8.91. The van der Waals surface area contributed by atoms with Crippen LogP contribution in [0.2, 0.25) is 0 Å². The standard InChI is InChI=1S/C6H5N2O4S.3U/c7-13(11,12)6-4-2-1-3-5(6)8(9)10;;;/h1-4H,(H-,7,11,12);;;/q-1;;;. The summed E-state index contributed by atoms with van der Waals surface area (Å²) < 4.78 is 21.4. The minimum absolute atomic E-state index is 0. The largest absolute Gasteiger partial charge is 0.560 e. The molecule has 0 saturated carbocycles. The molecule has 6 nitrogen and oxygen atoms in total. The van der Waals surface area contributed by atoms with Crippen molar-refractivity contribution in [2.75, 3.05) is 0 Å². The summed E-state index contributed by atoms with van der Waals surface area (Å²) in [5, 5.41) is 17.0. The number of para-hydroxylation sites is 1. The minimum atomic E-state index is -4.27. The maximum Gasteiger partial charge on any atom is 0.286 e. The molecule has 0 aliphatic carbocycles. The first kappa shape index (κ1) is 22.8. The Kier molecular flexibility index (Phi) is 13.7. The number of nitro groups is 1. The third kappa shape index (κ3) is 6.57. The Morgan fingerprint density at radius 2 is 1.56 bits per heavy atom. The molecule has 0 atom stereocenters. The summed E-state index contributed by atoms with van der Waals surface area (Å²) in [7, 11) is -4.27. The summed E-state index contributed by atoms with van der Waals surface area (Å²) >= 11 is 0. The van der Waals surface area contributed by atoms with Gasteiger partial charge in [0, 0.05) is 99.4 Å². The van der Waals surface area contributed by atoms with E-state index in [-0.39, 0.29) is 93.3 Å². The van der Waals surface area contributed by atoms with E-state index in [0.29, 0.717) is 0 Å². The summed E-state index contributed by atoms with van der Waals surface area (Å²) in [6, 6.07) is 4.74. The van der Waals surface area contributed by atoms with Crippen LogP contribution in [0.1, 0.15) is 0 Å². The average molecular weight is 915 g/mol. The number of nitro benzene ring substituents is 1.